The monoisotopic (exact) mass is 400 g/mol. The van der Waals surface area contributed by atoms with Crippen LogP contribution in [-0.4, -0.2) is 18.9 Å². The summed E-state index contributed by atoms with van der Waals surface area (Å²) >= 11 is 3.70. The van der Waals surface area contributed by atoms with E-state index in [-0.39, 0.29) is 18.2 Å². The third-order valence-corrected chi connectivity index (χ3v) is 4.51. The van der Waals surface area contributed by atoms with Crippen LogP contribution < -0.4 is 10.6 Å². The van der Waals surface area contributed by atoms with E-state index in [1.165, 1.54) is 11.3 Å². The Morgan fingerprint density at radius 1 is 1.30 bits per heavy atom. The van der Waals surface area contributed by atoms with Crippen molar-refractivity contribution in [3.63, 3.8) is 0 Å². The van der Waals surface area contributed by atoms with E-state index < -0.39 is 0 Å². The van der Waals surface area contributed by atoms with Gasteiger partial charge in [-0.1, -0.05) is 18.2 Å². The standard InChI is InChI=1S/C14H13IN2O2S/c1-16-13(18)7-9-4-2-3-5-11(9)17-14(19)10-6-12(15)20-8-10/h2-6,8H,7H2,1H3,(H,16,18)(H,17,19). The third-order valence-electron chi connectivity index (χ3n) is 2.73. The molecule has 0 saturated heterocycles. The van der Waals surface area contributed by atoms with Gasteiger partial charge in [0.25, 0.3) is 5.91 Å². The molecule has 1 aromatic heterocycles. The van der Waals surface area contributed by atoms with E-state index in [1.54, 1.807) is 13.1 Å². The van der Waals surface area contributed by atoms with E-state index in [9.17, 15) is 9.59 Å². The highest BCUT2D eigenvalue weighted by atomic mass is 127. The van der Waals surface area contributed by atoms with E-state index in [2.05, 4.69) is 33.2 Å². The van der Waals surface area contributed by atoms with Crippen LogP contribution in [0.3, 0.4) is 0 Å². The summed E-state index contributed by atoms with van der Waals surface area (Å²) in [5, 5.41) is 7.25. The lowest BCUT2D eigenvalue weighted by atomic mass is 10.1. The molecule has 2 amide bonds. The Morgan fingerprint density at radius 2 is 2.05 bits per heavy atom. The minimum atomic E-state index is -0.159. The molecule has 20 heavy (non-hydrogen) atoms. The van der Waals surface area contributed by atoms with Crippen LogP contribution in [0, 0.1) is 2.88 Å². The molecule has 2 N–H and O–H groups in total. The molecule has 0 aliphatic rings. The van der Waals surface area contributed by atoms with E-state index in [4.69, 9.17) is 0 Å². The predicted molar refractivity (Wildman–Crippen MR) is 89.2 cm³/mol. The maximum Gasteiger partial charge on any atom is 0.256 e. The maximum absolute atomic E-state index is 12.1. The quantitative estimate of drug-likeness (QED) is 0.776. The fraction of sp³-hybridized carbons (Fsp3) is 0.143. The second-order valence-electron chi connectivity index (χ2n) is 4.10. The number of carbonyl (C=O) groups excluding carboxylic acids is 2. The second kappa shape index (κ2) is 6.85. The van der Waals surface area contributed by atoms with Crippen LogP contribution in [0.15, 0.2) is 35.7 Å². The summed E-state index contributed by atoms with van der Waals surface area (Å²) in [7, 11) is 1.59. The van der Waals surface area contributed by atoms with Crippen LogP contribution in [0.25, 0.3) is 0 Å². The lowest BCUT2D eigenvalue weighted by Gasteiger charge is -2.10. The molecule has 0 fully saturated rings. The van der Waals surface area contributed by atoms with Crippen molar-refractivity contribution < 1.29 is 9.59 Å². The normalized spacial score (nSPS) is 10.1. The molecular formula is C14H13IN2O2S. The zero-order valence-electron chi connectivity index (χ0n) is 10.8. The number of carbonyl (C=O) groups is 2. The first-order valence-corrected chi connectivity index (χ1v) is 7.90. The Morgan fingerprint density at radius 3 is 2.70 bits per heavy atom. The van der Waals surface area contributed by atoms with Gasteiger partial charge >= 0.3 is 0 Å². The molecule has 104 valence electrons. The summed E-state index contributed by atoms with van der Waals surface area (Å²) in [6.07, 6.45) is 0.244. The van der Waals surface area contributed by atoms with Crippen molar-refractivity contribution in [2.75, 3.05) is 12.4 Å². The lowest BCUT2D eigenvalue weighted by molar-refractivity contribution is -0.119. The zero-order valence-corrected chi connectivity index (χ0v) is 13.7. The number of hydrogen-bond donors (Lipinski definition) is 2. The number of para-hydroxylation sites is 1. The van der Waals surface area contributed by atoms with Crippen LogP contribution >= 0.6 is 33.9 Å². The number of hydrogen-bond acceptors (Lipinski definition) is 3. The van der Waals surface area contributed by atoms with Gasteiger partial charge in [0.1, 0.15) is 0 Å². The van der Waals surface area contributed by atoms with Crippen molar-refractivity contribution in [3.05, 3.63) is 49.7 Å². The molecule has 2 aromatic rings. The van der Waals surface area contributed by atoms with Gasteiger partial charge < -0.3 is 10.6 Å². The number of rotatable bonds is 4. The number of benzene rings is 1. The molecule has 0 spiro atoms. The number of likely N-dealkylation sites (N-methyl/N-ethyl adjacent to an activating group) is 1. The highest BCUT2D eigenvalue weighted by Gasteiger charge is 2.12. The molecule has 4 nitrogen and oxygen atoms in total. The van der Waals surface area contributed by atoms with E-state index in [0.717, 1.165) is 8.45 Å². The molecule has 0 saturated carbocycles. The van der Waals surface area contributed by atoms with Gasteiger partial charge in [0.05, 0.1) is 14.9 Å². The molecule has 6 heteroatoms. The van der Waals surface area contributed by atoms with Crippen LogP contribution in [0.1, 0.15) is 15.9 Å². The number of amides is 2. The minimum Gasteiger partial charge on any atom is -0.359 e. The third kappa shape index (κ3) is 3.80. The average Bonchev–Trinajstić information content (AvgIpc) is 2.87. The molecule has 2 rings (SSSR count). The Bertz CT molecular complexity index is 640. The number of anilines is 1. The SMILES string of the molecule is CNC(=O)Cc1ccccc1NC(=O)c1csc(I)c1. The van der Waals surface area contributed by atoms with Crippen molar-refractivity contribution in [1.82, 2.24) is 5.32 Å². The van der Waals surface area contributed by atoms with Gasteiger partial charge in [-0.25, -0.2) is 0 Å². The highest BCUT2D eigenvalue weighted by molar-refractivity contribution is 14.1. The van der Waals surface area contributed by atoms with Gasteiger partial charge in [-0.15, -0.1) is 11.3 Å². The number of thiophene rings is 1. The Kier molecular flexibility index (Phi) is 5.13. The highest BCUT2D eigenvalue weighted by Crippen LogP contribution is 2.20. The van der Waals surface area contributed by atoms with Crippen LogP contribution in [0.4, 0.5) is 5.69 Å². The predicted octanol–water partition coefficient (Wildman–Crippen LogP) is 2.89. The smallest absolute Gasteiger partial charge is 0.256 e. The summed E-state index contributed by atoms with van der Waals surface area (Å²) in [5.74, 6) is -0.245. The van der Waals surface area contributed by atoms with Gasteiger partial charge in [0.2, 0.25) is 5.91 Å². The van der Waals surface area contributed by atoms with Gasteiger partial charge in [0.15, 0.2) is 0 Å². The van der Waals surface area contributed by atoms with E-state index >= 15 is 0 Å². The Balaban J connectivity index is 2.16. The van der Waals surface area contributed by atoms with E-state index in [0.29, 0.717) is 11.3 Å². The molecular weight excluding hydrogens is 387 g/mol. The summed E-state index contributed by atoms with van der Waals surface area (Å²) in [6.45, 7) is 0. The van der Waals surface area contributed by atoms with Crippen molar-refractivity contribution in [1.29, 1.82) is 0 Å². The number of nitrogens with one attached hydrogen (secondary N) is 2. The van der Waals surface area contributed by atoms with Crippen molar-refractivity contribution in [3.8, 4) is 0 Å². The topological polar surface area (TPSA) is 58.2 Å². The van der Waals surface area contributed by atoms with E-state index in [1.807, 2.05) is 29.6 Å². The molecule has 0 aliphatic carbocycles. The van der Waals surface area contributed by atoms with Gasteiger partial charge in [-0.05, 0) is 40.3 Å². The fourth-order valence-electron chi connectivity index (χ4n) is 1.68. The Labute approximate surface area is 134 Å². The van der Waals surface area contributed by atoms with Crippen LogP contribution in [0.2, 0.25) is 0 Å². The molecule has 0 aliphatic heterocycles. The first kappa shape index (κ1) is 15.0. The molecule has 1 aromatic carbocycles. The summed E-state index contributed by atoms with van der Waals surface area (Å²) < 4.78 is 1.06. The first-order chi connectivity index (χ1) is 9.60. The average molecular weight is 400 g/mol. The first-order valence-electron chi connectivity index (χ1n) is 5.94. The number of halogens is 1. The molecule has 0 atom stereocenters. The van der Waals surface area contributed by atoms with Crippen molar-refractivity contribution >= 4 is 51.4 Å². The van der Waals surface area contributed by atoms with Gasteiger partial charge in [-0.2, -0.15) is 0 Å². The molecule has 0 unspecified atom stereocenters. The summed E-state index contributed by atoms with van der Waals surface area (Å²) in [5.41, 5.74) is 2.10. The second-order valence-corrected chi connectivity index (χ2v) is 6.91. The maximum atomic E-state index is 12.1. The fourth-order valence-corrected chi connectivity index (χ4v) is 3.01. The Hall–Kier alpha value is -1.41. The van der Waals surface area contributed by atoms with Gasteiger partial charge in [-0.3, -0.25) is 9.59 Å². The largest absolute Gasteiger partial charge is 0.359 e. The van der Waals surface area contributed by atoms with Gasteiger partial charge in [0, 0.05) is 18.1 Å². The van der Waals surface area contributed by atoms with Crippen molar-refractivity contribution in [2.24, 2.45) is 0 Å². The molecule has 0 radical (unpaired) electrons. The summed E-state index contributed by atoms with van der Waals surface area (Å²) in [4.78, 5) is 23.6. The lowest BCUT2D eigenvalue weighted by Crippen LogP contribution is -2.21. The molecule has 0 bridgehead atoms. The van der Waals surface area contributed by atoms with Crippen molar-refractivity contribution in [2.45, 2.75) is 6.42 Å². The van der Waals surface area contributed by atoms with Crippen LogP contribution in [0.5, 0.6) is 0 Å². The van der Waals surface area contributed by atoms with Crippen LogP contribution in [-0.2, 0) is 11.2 Å². The molecule has 1 heterocycles. The zero-order chi connectivity index (χ0) is 14.5. The summed E-state index contributed by atoms with van der Waals surface area (Å²) in [6, 6.07) is 9.15. The minimum absolute atomic E-state index is 0.0863.